The average molecular weight is 438 g/mol. The zero-order chi connectivity index (χ0) is 22.9. The highest BCUT2D eigenvalue weighted by Crippen LogP contribution is 2.46. The third-order valence-corrected chi connectivity index (χ3v) is 6.44. The van der Waals surface area contributed by atoms with Crippen LogP contribution in [0.4, 0.5) is 5.69 Å². The SMILES string of the molecule is O=C1CC(c2ccccc2)CC2=C1C(c1cccnc1)CC(=O)N2c1cccc(C(=O)O)c1. The minimum atomic E-state index is -1.06. The summed E-state index contributed by atoms with van der Waals surface area (Å²) in [6.45, 7) is 0. The summed E-state index contributed by atoms with van der Waals surface area (Å²) in [5.74, 6) is -1.62. The molecule has 0 saturated heterocycles. The number of allylic oxidation sites excluding steroid dienone is 2. The first kappa shape index (κ1) is 20.8. The molecule has 0 radical (unpaired) electrons. The number of aromatic nitrogens is 1. The number of hydrogen-bond donors (Lipinski definition) is 1. The van der Waals surface area contributed by atoms with Crippen LogP contribution in [-0.4, -0.2) is 27.8 Å². The predicted octanol–water partition coefficient (Wildman–Crippen LogP) is 4.70. The number of rotatable bonds is 4. The molecular formula is C27H22N2O4. The van der Waals surface area contributed by atoms with E-state index < -0.39 is 5.97 Å². The van der Waals surface area contributed by atoms with E-state index in [1.807, 2.05) is 42.5 Å². The molecule has 0 spiro atoms. The molecule has 2 heterocycles. The molecule has 5 rings (SSSR count). The Kier molecular flexibility index (Phi) is 5.34. The van der Waals surface area contributed by atoms with Gasteiger partial charge < -0.3 is 5.11 Å². The number of carboxylic acid groups (broad SMARTS) is 1. The number of carbonyl (C=O) groups excluding carboxylic acids is 2. The second kappa shape index (κ2) is 8.47. The number of benzene rings is 2. The number of nitrogens with zero attached hydrogens (tertiary/aromatic N) is 2. The number of hydrogen-bond acceptors (Lipinski definition) is 4. The van der Waals surface area contributed by atoms with Crippen LogP contribution in [0.15, 0.2) is 90.4 Å². The second-order valence-corrected chi connectivity index (χ2v) is 8.43. The number of anilines is 1. The molecule has 0 bridgehead atoms. The number of ketones is 1. The second-order valence-electron chi connectivity index (χ2n) is 8.43. The van der Waals surface area contributed by atoms with E-state index in [1.165, 1.54) is 12.1 Å². The van der Waals surface area contributed by atoms with E-state index in [2.05, 4.69) is 4.98 Å². The molecule has 3 aromatic rings. The van der Waals surface area contributed by atoms with Crippen molar-refractivity contribution in [2.45, 2.75) is 31.1 Å². The summed E-state index contributed by atoms with van der Waals surface area (Å²) < 4.78 is 0. The fraction of sp³-hybridized carbons (Fsp3) is 0.185. The average Bonchev–Trinajstić information content (AvgIpc) is 2.84. The largest absolute Gasteiger partial charge is 0.478 e. The zero-order valence-corrected chi connectivity index (χ0v) is 17.8. The van der Waals surface area contributed by atoms with Crippen molar-refractivity contribution in [2.75, 3.05) is 4.90 Å². The van der Waals surface area contributed by atoms with Gasteiger partial charge in [-0.1, -0.05) is 42.5 Å². The number of amides is 1. The maximum absolute atomic E-state index is 13.5. The molecule has 1 amide bonds. The van der Waals surface area contributed by atoms with E-state index >= 15 is 0 Å². The molecular weight excluding hydrogens is 416 g/mol. The van der Waals surface area contributed by atoms with Gasteiger partial charge in [-0.25, -0.2) is 4.79 Å². The molecule has 6 nitrogen and oxygen atoms in total. The maximum Gasteiger partial charge on any atom is 0.335 e. The molecule has 1 aliphatic carbocycles. The van der Waals surface area contributed by atoms with E-state index in [0.29, 0.717) is 29.8 Å². The molecule has 33 heavy (non-hydrogen) atoms. The summed E-state index contributed by atoms with van der Waals surface area (Å²) in [4.78, 5) is 44.3. The summed E-state index contributed by atoms with van der Waals surface area (Å²) in [5.41, 5.74) is 3.75. The van der Waals surface area contributed by atoms with Gasteiger partial charge in [0.05, 0.1) is 5.56 Å². The normalized spacial score (nSPS) is 20.5. The van der Waals surface area contributed by atoms with Crippen molar-refractivity contribution >= 4 is 23.3 Å². The smallest absolute Gasteiger partial charge is 0.335 e. The van der Waals surface area contributed by atoms with Crippen molar-refractivity contribution in [1.82, 2.24) is 4.98 Å². The highest BCUT2D eigenvalue weighted by molar-refractivity contribution is 6.08. The van der Waals surface area contributed by atoms with Gasteiger partial charge in [0.15, 0.2) is 5.78 Å². The van der Waals surface area contributed by atoms with Crippen molar-refractivity contribution in [3.63, 3.8) is 0 Å². The number of pyridine rings is 1. The van der Waals surface area contributed by atoms with Gasteiger partial charge in [0.2, 0.25) is 5.91 Å². The molecule has 0 saturated carbocycles. The van der Waals surface area contributed by atoms with Gasteiger partial charge in [-0.15, -0.1) is 0 Å². The van der Waals surface area contributed by atoms with Crippen LogP contribution in [0.5, 0.6) is 0 Å². The van der Waals surface area contributed by atoms with E-state index in [4.69, 9.17) is 0 Å². The molecule has 1 N–H and O–H groups in total. The number of aromatic carboxylic acids is 1. The Bertz CT molecular complexity index is 1270. The highest BCUT2D eigenvalue weighted by atomic mass is 16.4. The summed E-state index contributed by atoms with van der Waals surface area (Å²) >= 11 is 0. The topological polar surface area (TPSA) is 87.6 Å². The van der Waals surface area contributed by atoms with Gasteiger partial charge >= 0.3 is 5.97 Å². The quantitative estimate of drug-likeness (QED) is 0.638. The van der Waals surface area contributed by atoms with Gasteiger partial charge in [-0.05, 0) is 47.7 Å². The van der Waals surface area contributed by atoms with Crippen LogP contribution in [-0.2, 0) is 9.59 Å². The van der Waals surface area contributed by atoms with Gasteiger partial charge in [0, 0.05) is 48.1 Å². The van der Waals surface area contributed by atoms with Crippen LogP contribution in [0.1, 0.15) is 52.6 Å². The van der Waals surface area contributed by atoms with Gasteiger partial charge in [0.25, 0.3) is 0 Å². The third kappa shape index (κ3) is 3.84. The summed E-state index contributed by atoms with van der Waals surface area (Å²) in [5, 5.41) is 9.45. The summed E-state index contributed by atoms with van der Waals surface area (Å²) in [6, 6.07) is 19.9. The minimum Gasteiger partial charge on any atom is -0.478 e. The van der Waals surface area contributed by atoms with Crippen LogP contribution < -0.4 is 4.90 Å². The van der Waals surface area contributed by atoms with Crippen molar-refractivity contribution in [1.29, 1.82) is 0 Å². The van der Waals surface area contributed by atoms with Gasteiger partial charge in [-0.2, -0.15) is 0 Å². The van der Waals surface area contributed by atoms with Gasteiger partial charge in [0.1, 0.15) is 0 Å². The predicted molar refractivity (Wildman–Crippen MR) is 123 cm³/mol. The Balaban J connectivity index is 1.66. The van der Waals surface area contributed by atoms with Crippen LogP contribution in [0.25, 0.3) is 0 Å². The van der Waals surface area contributed by atoms with Gasteiger partial charge in [-0.3, -0.25) is 19.5 Å². The van der Waals surface area contributed by atoms with E-state index in [0.717, 1.165) is 11.1 Å². The number of carboxylic acids is 1. The molecule has 2 atom stereocenters. The third-order valence-electron chi connectivity index (χ3n) is 6.44. The van der Waals surface area contributed by atoms with Crippen molar-refractivity contribution in [3.05, 3.63) is 107 Å². The lowest BCUT2D eigenvalue weighted by atomic mass is 9.73. The van der Waals surface area contributed by atoms with Crippen LogP contribution >= 0.6 is 0 Å². The standard InChI is InChI=1S/C27H22N2O4/c30-24-14-20(17-6-2-1-3-7-17)13-23-26(24)22(19-9-5-11-28-16-19)15-25(31)29(23)21-10-4-8-18(12-21)27(32)33/h1-12,16,20,22H,13-15H2,(H,32,33). The Labute approximate surface area is 191 Å². The molecule has 0 fully saturated rings. The fourth-order valence-corrected chi connectivity index (χ4v) is 4.94. The Morgan fingerprint density at radius 2 is 1.70 bits per heavy atom. The fourth-order valence-electron chi connectivity index (χ4n) is 4.94. The van der Waals surface area contributed by atoms with Crippen molar-refractivity contribution in [3.8, 4) is 0 Å². The number of Topliss-reactive ketones (excluding diaryl/α,β-unsaturated/α-hetero) is 1. The van der Waals surface area contributed by atoms with E-state index in [9.17, 15) is 19.5 Å². The summed E-state index contributed by atoms with van der Waals surface area (Å²) in [7, 11) is 0. The Morgan fingerprint density at radius 3 is 2.42 bits per heavy atom. The molecule has 6 heteroatoms. The lowest BCUT2D eigenvalue weighted by molar-refractivity contribution is -0.120. The van der Waals surface area contributed by atoms with Crippen molar-refractivity contribution in [2.24, 2.45) is 0 Å². The van der Waals surface area contributed by atoms with E-state index in [-0.39, 0.29) is 35.5 Å². The molecule has 1 aromatic heterocycles. The van der Waals surface area contributed by atoms with Crippen LogP contribution in [0.2, 0.25) is 0 Å². The van der Waals surface area contributed by atoms with E-state index in [1.54, 1.807) is 29.4 Å². The monoisotopic (exact) mass is 438 g/mol. The molecule has 1 aliphatic heterocycles. The van der Waals surface area contributed by atoms with Crippen LogP contribution in [0.3, 0.4) is 0 Å². The van der Waals surface area contributed by atoms with Crippen molar-refractivity contribution < 1.29 is 19.5 Å². The lowest BCUT2D eigenvalue weighted by Crippen LogP contribution is -2.41. The first-order valence-corrected chi connectivity index (χ1v) is 10.9. The molecule has 2 unspecified atom stereocenters. The maximum atomic E-state index is 13.5. The molecule has 2 aromatic carbocycles. The molecule has 164 valence electrons. The highest BCUT2D eigenvalue weighted by Gasteiger charge is 2.42. The molecule has 2 aliphatic rings. The number of carbonyl (C=O) groups is 3. The zero-order valence-electron chi connectivity index (χ0n) is 17.8. The van der Waals surface area contributed by atoms with Crippen LogP contribution in [0, 0.1) is 0 Å². The summed E-state index contributed by atoms with van der Waals surface area (Å²) in [6.07, 6.45) is 4.40. The lowest BCUT2D eigenvalue weighted by Gasteiger charge is -2.40. The first-order valence-electron chi connectivity index (χ1n) is 10.9. The first-order chi connectivity index (χ1) is 16.0. The Hall–Kier alpha value is -4.06. The minimum absolute atomic E-state index is 0.0193. The Morgan fingerprint density at radius 1 is 0.909 bits per heavy atom.